The average molecular weight is 329 g/mol. The first-order valence-corrected chi connectivity index (χ1v) is 6.96. The van der Waals surface area contributed by atoms with Gasteiger partial charge in [-0.05, 0) is 24.3 Å². The van der Waals surface area contributed by atoms with Crippen LogP contribution in [0.3, 0.4) is 0 Å². The normalized spacial score (nSPS) is 10.7. The van der Waals surface area contributed by atoms with Crippen LogP contribution >= 0.6 is 11.6 Å². The molecule has 0 spiro atoms. The fourth-order valence-corrected chi connectivity index (χ4v) is 2.67. The maximum absolute atomic E-state index is 13.4. The quantitative estimate of drug-likeness (QED) is 0.578. The Morgan fingerprint density at radius 1 is 1.43 bits per heavy atom. The van der Waals surface area contributed by atoms with Crippen LogP contribution in [0, 0.1) is 17.1 Å². The number of hydrogen-bond acceptors (Lipinski definition) is 4. The molecule has 1 aromatic heterocycles. The summed E-state index contributed by atoms with van der Waals surface area (Å²) in [5.74, 6) is -1.22. The maximum Gasteiger partial charge on any atom is 0.198 e. The molecule has 0 radical (unpaired) electrons. The standard InChI is InChI=1S/C16H10ClFN4O/c1-22-7-8-4-13(20)14(11(6-19)15(8)21-22)16(23)10-5-9(18)2-3-12(10)17/h2-5,7H,20H2,1H3. The summed E-state index contributed by atoms with van der Waals surface area (Å²) in [5, 5.41) is 14.4. The van der Waals surface area contributed by atoms with Crippen LogP contribution in [-0.4, -0.2) is 15.6 Å². The van der Waals surface area contributed by atoms with E-state index in [2.05, 4.69) is 5.10 Å². The minimum Gasteiger partial charge on any atom is -0.398 e. The monoisotopic (exact) mass is 328 g/mol. The zero-order valence-electron chi connectivity index (χ0n) is 12.0. The van der Waals surface area contributed by atoms with Crippen LogP contribution in [0.15, 0.2) is 30.5 Å². The van der Waals surface area contributed by atoms with Gasteiger partial charge in [0.15, 0.2) is 5.78 Å². The second-order valence-electron chi connectivity index (χ2n) is 5.02. The summed E-state index contributed by atoms with van der Waals surface area (Å²) in [6, 6.07) is 6.98. The number of nitrogens with zero attached hydrogens (tertiary/aromatic N) is 3. The molecule has 0 unspecified atom stereocenters. The first-order chi connectivity index (χ1) is 10.9. The van der Waals surface area contributed by atoms with Gasteiger partial charge in [0.05, 0.1) is 16.1 Å². The lowest BCUT2D eigenvalue weighted by molar-refractivity contribution is 0.103. The van der Waals surface area contributed by atoms with Crippen LogP contribution in [0.5, 0.6) is 0 Å². The number of nitriles is 1. The van der Waals surface area contributed by atoms with Crippen molar-refractivity contribution < 1.29 is 9.18 Å². The fourth-order valence-electron chi connectivity index (χ4n) is 2.47. The second kappa shape index (κ2) is 5.38. The van der Waals surface area contributed by atoms with Crippen molar-refractivity contribution in [3.63, 3.8) is 0 Å². The lowest BCUT2D eigenvalue weighted by atomic mass is 9.95. The van der Waals surface area contributed by atoms with Crippen LogP contribution in [0.25, 0.3) is 10.9 Å². The van der Waals surface area contributed by atoms with Crippen molar-refractivity contribution in [3.8, 4) is 6.07 Å². The van der Waals surface area contributed by atoms with E-state index in [1.807, 2.05) is 6.07 Å². The molecule has 0 atom stereocenters. The van der Waals surface area contributed by atoms with Crippen molar-refractivity contribution in [2.45, 2.75) is 0 Å². The Balaban J connectivity index is 2.31. The van der Waals surface area contributed by atoms with Crippen LogP contribution in [0.1, 0.15) is 21.5 Å². The average Bonchev–Trinajstić information content (AvgIpc) is 2.87. The summed E-state index contributed by atoms with van der Waals surface area (Å²) < 4.78 is 15.0. The third-order valence-corrected chi connectivity index (χ3v) is 3.79. The largest absolute Gasteiger partial charge is 0.398 e. The molecule has 0 aliphatic heterocycles. The van der Waals surface area contributed by atoms with Crippen LogP contribution in [0.2, 0.25) is 5.02 Å². The molecule has 7 heteroatoms. The SMILES string of the molecule is Cn1cc2cc(N)c(C(=O)c3cc(F)ccc3Cl)c(C#N)c2n1. The molecule has 0 amide bonds. The Morgan fingerprint density at radius 2 is 2.17 bits per heavy atom. The lowest BCUT2D eigenvalue weighted by Gasteiger charge is -2.09. The molecule has 2 N–H and O–H groups in total. The number of hydrogen-bond donors (Lipinski definition) is 1. The number of carbonyl (C=O) groups is 1. The first-order valence-electron chi connectivity index (χ1n) is 6.58. The predicted molar refractivity (Wildman–Crippen MR) is 84.7 cm³/mol. The van der Waals surface area contributed by atoms with E-state index in [1.165, 1.54) is 10.7 Å². The van der Waals surface area contributed by atoms with Gasteiger partial charge in [-0.1, -0.05) is 11.6 Å². The molecular formula is C16H10ClFN4O. The highest BCUT2D eigenvalue weighted by molar-refractivity contribution is 6.35. The molecule has 0 aliphatic carbocycles. The number of rotatable bonds is 2. The molecule has 0 bridgehead atoms. The molecule has 3 aromatic rings. The number of halogens is 2. The summed E-state index contributed by atoms with van der Waals surface area (Å²) in [5.41, 5.74) is 6.41. The third kappa shape index (κ3) is 2.41. The predicted octanol–water partition coefficient (Wildman–Crippen LogP) is 3.05. The molecule has 0 saturated carbocycles. The van der Waals surface area contributed by atoms with E-state index in [0.717, 1.165) is 12.1 Å². The zero-order valence-corrected chi connectivity index (χ0v) is 12.7. The van der Waals surface area contributed by atoms with Crippen molar-refractivity contribution in [1.82, 2.24) is 9.78 Å². The van der Waals surface area contributed by atoms with Crippen molar-refractivity contribution in [2.24, 2.45) is 7.05 Å². The highest BCUT2D eigenvalue weighted by Gasteiger charge is 2.23. The highest BCUT2D eigenvalue weighted by atomic mass is 35.5. The summed E-state index contributed by atoms with van der Waals surface area (Å²) in [7, 11) is 1.70. The maximum atomic E-state index is 13.4. The number of fused-ring (bicyclic) bond motifs is 1. The Morgan fingerprint density at radius 3 is 2.87 bits per heavy atom. The van der Waals surface area contributed by atoms with E-state index in [4.69, 9.17) is 17.3 Å². The van der Waals surface area contributed by atoms with E-state index in [-0.39, 0.29) is 27.4 Å². The van der Waals surface area contributed by atoms with Gasteiger partial charge in [0.1, 0.15) is 17.4 Å². The first kappa shape index (κ1) is 15.0. The van der Waals surface area contributed by atoms with E-state index in [1.54, 1.807) is 19.3 Å². The number of benzene rings is 2. The second-order valence-corrected chi connectivity index (χ2v) is 5.43. The number of anilines is 1. The molecule has 5 nitrogen and oxygen atoms in total. The van der Waals surface area contributed by atoms with Gasteiger partial charge in [0.25, 0.3) is 0 Å². The Bertz CT molecular complexity index is 1000. The molecule has 3 rings (SSSR count). The highest BCUT2D eigenvalue weighted by Crippen LogP contribution is 2.30. The van der Waals surface area contributed by atoms with E-state index >= 15 is 0 Å². The molecule has 0 saturated heterocycles. The summed E-state index contributed by atoms with van der Waals surface area (Å²) in [6.45, 7) is 0. The molecule has 2 aromatic carbocycles. The van der Waals surface area contributed by atoms with Crippen molar-refractivity contribution in [1.29, 1.82) is 5.26 Å². The Labute approximate surface area is 135 Å². The van der Waals surface area contributed by atoms with Crippen LogP contribution in [-0.2, 0) is 7.05 Å². The number of aromatic nitrogens is 2. The third-order valence-electron chi connectivity index (χ3n) is 3.46. The molecule has 0 fully saturated rings. The van der Waals surface area contributed by atoms with Gasteiger partial charge in [0.2, 0.25) is 0 Å². The van der Waals surface area contributed by atoms with Gasteiger partial charge < -0.3 is 5.73 Å². The number of carbonyl (C=O) groups excluding carboxylic acids is 1. The van der Waals surface area contributed by atoms with Gasteiger partial charge >= 0.3 is 0 Å². The molecule has 0 aliphatic rings. The van der Waals surface area contributed by atoms with Crippen LogP contribution < -0.4 is 5.73 Å². The minimum absolute atomic E-state index is 0.0220. The summed E-state index contributed by atoms with van der Waals surface area (Å²) in [6.07, 6.45) is 1.69. The molecule has 1 heterocycles. The van der Waals surface area contributed by atoms with E-state index in [9.17, 15) is 14.4 Å². The number of nitrogens with two attached hydrogens (primary N) is 1. The number of ketones is 1. The molecule has 23 heavy (non-hydrogen) atoms. The van der Waals surface area contributed by atoms with Gasteiger partial charge in [-0.15, -0.1) is 0 Å². The zero-order chi connectivity index (χ0) is 16.7. The van der Waals surface area contributed by atoms with Gasteiger partial charge in [0, 0.05) is 29.9 Å². The Hall–Kier alpha value is -2.91. The minimum atomic E-state index is -0.615. The smallest absolute Gasteiger partial charge is 0.198 e. The van der Waals surface area contributed by atoms with Crippen molar-refractivity contribution >= 4 is 34.0 Å². The van der Waals surface area contributed by atoms with Crippen LogP contribution in [0.4, 0.5) is 10.1 Å². The number of aryl methyl sites for hydroxylation is 1. The summed E-state index contributed by atoms with van der Waals surface area (Å²) in [4.78, 5) is 12.8. The fraction of sp³-hybridized carbons (Fsp3) is 0.0625. The van der Waals surface area contributed by atoms with E-state index < -0.39 is 11.6 Å². The van der Waals surface area contributed by atoms with Gasteiger partial charge in [-0.2, -0.15) is 10.4 Å². The topological polar surface area (TPSA) is 84.7 Å². The van der Waals surface area contributed by atoms with E-state index in [0.29, 0.717) is 10.9 Å². The molecular weight excluding hydrogens is 319 g/mol. The van der Waals surface area contributed by atoms with Crippen molar-refractivity contribution in [3.05, 3.63) is 58.0 Å². The van der Waals surface area contributed by atoms with Crippen molar-refractivity contribution in [2.75, 3.05) is 5.73 Å². The Kier molecular flexibility index (Phi) is 3.51. The van der Waals surface area contributed by atoms with Gasteiger partial charge in [-0.3, -0.25) is 9.48 Å². The summed E-state index contributed by atoms with van der Waals surface area (Å²) >= 11 is 5.98. The number of nitrogen functional groups attached to an aromatic ring is 1. The molecule has 114 valence electrons. The van der Waals surface area contributed by atoms with Gasteiger partial charge in [-0.25, -0.2) is 4.39 Å². The lowest BCUT2D eigenvalue weighted by Crippen LogP contribution is -2.09.